The molecule has 0 aliphatic rings. The average Bonchev–Trinajstić information content (AvgIpc) is 2.61. The first-order chi connectivity index (χ1) is 12.0. The lowest BCUT2D eigenvalue weighted by Crippen LogP contribution is -1.95. The fourth-order valence-electron chi connectivity index (χ4n) is 2.30. The maximum absolute atomic E-state index is 11.1. The highest BCUT2D eigenvalue weighted by Crippen LogP contribution is 2.35. The molecule has 3 rings (SSSR count). The molecular weight excluding hydrogens is 328 g/mol. The van der Waals surface area contributed by atoms with Crippen LogP contribution in [0.1, 0.15) is 5.56 Å². The van der Waals surface area contributed by atoms with Crippen molar-refractivity contribution in [2.45, 2.75) is 0 Å². The van der Waals surface area contributed by atoms with Crippen molar-refractivity contribution >= 4 is 22.3 Å². The van der Waals surface area contributed by atoms with Gasteiger partial charge in [0.1, 0.15) is 22.9 Å². The SMILES string of the molecule is N#Cc1cc([N+](=O)[O-])ccc1Oc1ccc([N+](=O)[O-])c2cccnc12. The van der Waals surface area contributed by atoms with Gasteiger partial charge in [0.2, 0.25) is 0 Å². The summed E-state index contributed by atoms with van der Waals surface area (Å²) in [6.07, 6.45) is 1.46. The summed E-state index contributed by atoms with van der Waals surface area (Å²) in [5, 5.41) is 31.4. The summed E-state index contributed by atoms with van der Waals surface area (Å²) >= 11 is 0. The Balaban J connectivity index is 2.11. The van der Waals surface area contributed by atoms with Gasteiger partial charge in [-0.25, -0.2) is 0 Å². The van der Waals surface area contributed by atoms with Crippen LogP contribution in [0.15, 0.2) is 48.7 Å². The van der Waals surface area contributed by atoms with Crippen molar-refractivity contribution in [3.05, 3.63) is 74.5 Å². The average molecular weight is 336 g/mol. The smallest absolute Gasteiger partial charge is 0.279 e. The summed E-state index contributed by atoms with van der Waals surface area (Å²) < 4.78 is 5.65. The van der Waals surface area contributed by atoms with Gasteiger partial charge in [-0.05, 0) is 24.3 Å². The Morgan fingerprint density at radius 2 is 1.80 bits per heavy atom. The van der Waals surface area contributed by atoms with Crippen LogP contribution in [0.5, 0.6) is 11.5 Å². The molecule has 0 saturated heterocycles. The Kier molecular flexibility index (Phi) is 3.93. The number of nitriles is 1. The molecule has 122 valence electrons. The highest BCUT2D eigenvalue weighted by atomic mass is 16.6. The molecule has 0 atom stereocenters. The lowest BCUT2D eigenvalue weighted by molar-refractivity contribution is -0.384. The number of benzene rings is 2. The van der Waals surface area contributed by atoms with E-state index in [1.165, 1.54) is 36.5 Å². The molecule has 0 aliphatic heterocycles. The molecule has 3 aromatic rings. The van der Waals surface area contributed by atoms with E-state index >= 15 is 0 Å². The number of nitro benzene ring substituents is 2. The molecule has 25 heavy (non-hydrogen) atoms. The zero-order chi connectivity index (χ0) is 18.0. The Morgan fingerprint density at radius 3 is 2.48 bits per heavy atom. The van der Waals surface area contributed by atoms with E-state index in [1.54, 1.807) is 6.07 Å². The minimum absolute atomic E-state index is 0.0309. The predicted octanol–water partition coefficient (Wildman–Crippen LogP) is 3.72. The van der Waals surface area contributed by atoms with Crippen molar-refractivity contribution in [1.82, 2.24) is 4.98 Å². The van der Waals surface area contributed by atoms with Crippen LogP contribution in [-0.4, -0.2) is 14.8 Å². The lowest BCUT2D eigenvalue weighted by atomic mass is 10.1. The van der Waals surface area contributed by atoms with Gasteiger partial charge < -0.3 is 4.74 Å². The number of ether oxygens (including phenoxy) is 1. The standard InChI is InChI=1S/C16H8N4O5/c17-9-10-8-11(19(21)22)3-5-14(10)25-15-6-4-13(20(23)24)12-2-1-7-18-16(12)15/h1-8H. The van der Waals surface area contributed by atoms with Crippen LogP contribution in [0.3, 0.4) is 0 Å². The second kappa shape index (κ2) is 6.21. The zero-order valence-electron chi connectivity index (χ0n) is 12.4. The van der Waals surface area contributed by atoms with Gasteiger partial charge in [0.25, 0.3) is 11.4 Å². The van der Waals surface area contributed by atoms with E-state index in [0.717, 1.165) is 6.07 Å². The first-order valence-corrected chi connectivity index (χ1v) is 6.90. The maximum atomic E-state index is 11.1. The minimum Gasteiger partial charge on any atom is -0.454 e. The van der Waals surface area contributed by atoms with Crippen LogP contribution in [0.2, 0.25) is 0 Å². The fraction of sp³-hybridized carbons (Fsp3) is 0. The normalized spacial score (nSPS) is 10.2. The summed E-state index contributed by atoms with van der Waals surface area (Å²) in [6.45, 7) is 0. The molecule has 0 radical (unpaired) electrons. The quantitative estimate of drug-likeness (QED) is 0.523. The first kappa shape index (κ1) is 15.8. The Labute approximate surface area is 140 Å². The molecule has 9 nitrogen and oxygen atoms in total. The van der Waals surface area contributed by atoms with Crippen LogP contribution >= 0.6 is 0 Å². The van der Waals surface area contributed by atoms with Crippen LogP contribution in [0.4, 0.5) is 11.4 Å². The number of nitro groups is 2. The van der Waals surface area contributed by atoms with Gasteiger partial charge >= 0.3 is 0 Å². The van der Waals surface area contributed by atoms with E-state index in [-0.39, 0.29) is 39.3 Å². The van der Waals surface area contributed by atoms with Crippen LogP contribution in [0, 0.1) is 31.6 Å². The van der Waals surface area contributed by atoms with Crippen LogP contribution in [-0.2, 0) is 0 Å². The van der Waals surface area contributed by atoms with Gasteiger partial charge in [0.15, 0.2) is 5.75 Å². The third-order valence-electron chi connectivity index (χ3n) is 3.42. The van der Waals surface area contributed by atoms with Crippen LogP contribution < -0.4 is 4.74 Å². The highest BCUT2D eigenvalue weighted by molar-refractivity contribution is 5.92. The molecule has 9 heteroatoms. The van der Waals surface area contributed by atoms with Gasteiger partial charge in [-0.2, -0.15) is 5.26 Å². The molecule has 0 amide bonds. The van der Waals surface area contributed by atoms with Crippen molar-refractivity contribution < 1.29 is 14.6 Å². The second-order valence-electron chi connectivity index (χ2n) is 4.89. The highest BCUT2D eigenvalue weighted by Gasteiger charge is 2.18. The van der Waals surface area contributed by atoms with E-state index in [2.05, 4.69) is 4.98 Å². The molecule has 0 fully saturated rings. The van der Waals surface area contributed by atoms with Crippen molar-refractivity contribution in [1.29, 1.82) is 5.26 Å². The van der Waals surface area contributed by atoms with E-state index < -0.39 is 9.85 Å². The van der Waals surface area contributed by atoms with Crippen molar-refractivity contribution in [2.24, 2.45) is 0 Å². The Bertz CT molecular complexity index is 1060. The Morgan fingerprint density at radius 1 is 1.04 bits per heavy atom. The van der Waals surface area contributed by atoms with Crippen molar-refractivity contribution in [3.63, 3.8) is 0 Å². The number of hydrogen-bond donors (Lipinski definition) is 0. The number of non-ortho nitro benzene ring substituents is 2. The second-order valence-corrected chi connectivity index (χ2v) is 4.89. The summed E-state index contributed by atoms with van der Waals surface area (Å²) in [5.74, 6) is 0.292. The molecule has 0 aliphatic carbocycles. The molecule has 1 aromatic heterocycles. The first-order valence-electron chi connectivity index (χ1n) is 6.90. The third-order valence-corrected chi connectivity index (χ3v) is 3.42. The number of nitrogens with zero attached hydrogens (tertiary/aromatic N) is 4. The van der Waals surface area contributed by atoms with Crippen molar-refractivity contribution in [3.8, 4) is 17.6 Å². The molecule has 2 aromatic carbocycles. The molecule has 0 spiro atoms. The van der Waals surface area contributed by atoms with E-state index in [1.807, 2.05) is 6.07 Å². The van der Waals surface area contributed by atoms with Gasteiger partial charge in [-0.15, -0.1) is 0 Å². The van der Waals surface area contributed by atoms with Gasteiger partial charge in [-0.1, -0.05) is 0 Å². The fourth-order valence-corrected chi connectivity index (χ4v) is 2.30. The Hall–Kier alpha value is -4.06. The minimum atomic E-state index is -0.618. The summed E-state index contributed by atoms with van der Waals surface area (Å²) in [6, 6.07) is 11.2. The summed E-state index contributed by atoms with van der Waals surface area (Å²) in [4.78, 5) is 24.9. The number of hydrogen-bond acceptors (Lipinski definition) is 7. The van der Waals surface area contributed by atoms with Gasteiger partial charge in [-0.3, -0.25) is 25.2 Å². The predicted molar refractivity (Wildman–Crippen MR) is 86.3 cm³/mol. The number of pyridine rings is 1. The third kappa shape index (κ3) is 2.91. The number of fused-ring (bicyclic) bond motifs is 1. The van der Waals surface area contributed by atoms with Crippen molar-refractivity contribution in [2.75, 3.05) is 0 Å². The number of aromatic nitrogens is 1. The monoisotopic (exact) mass is 336 g/mol. The van der Waals surface area contributed by atoms with Gasteiger partial charge in [0.05, 0.1) is 15.2 Å². The number of rotatable bonds is 4. The van der Waals surface area contributed by atoms with E-state index in [0.29, 0.717) is 0 Å². The molecule has 1 heterocycles. The lowest BCUT2D eigenvalue weighted by Gasteiger charge is -2.09. The summed E-state index contributed by atoms with van der Waals surface area (Å²) in [7, 11) is 0. The molecule has 0 unspecified atom stereocenters. The zero-order valence-corrected chi connectivity index (χ0v) is 12.4. The van der Waals surface area contributed by atoms with E-state index in [9.17, 15) is 25.5 Å². The van der Waals surface area contributed by atoms with Gasteiger partial charge in [0, 0.05) is 24.4 Å². The van der Waals surface area contributed by atoms with E-state index in [4.69, 9.17) is 4.74 Å². The molecule has 0 saturated carbocycles. The topological polar surface area (TPSA) is 132 Å². The maximum Gasteiger partial charge on any atom is 0.279 e. The molecule has 0 N–H and O–H groups in total. The molecule has 0 bridgehead atoms. The van der Waals surface area contributed by atoms with Crippen LogP contribution in [0.25, 0.3) is 10.9 Å². The summed E-state index contributed by atoms with van der Waals surface area (Å²) in [5.41, 5.74) is -0.147. The largest absolute Gasteiger partial charge is 0.454 e. The molecular formula is C16H8N4O5.